The predicted octanol–water partition coefficient (Wildman–Crippen LogP) is 1.40. The summed E-state index contributed by atoms with van der Waals surface area (Å²) in [6, 6.07) is -0.100. The third-order valence-corrected chi connectivity index (χ3v) is 2.62. The van der Waals surface area contributed by atoms with Crippen molar-refractivity contribution in [2.45, 2.75) is 38.8 Å². The minimum absolute atomic E-state index is 0.100. The molecule has 1 unspecified atom stereocenters. The van der Waals surface area contributed by atoms with Crippen LogP contribution in [0.5, 0.6) is 0 Å². The summed E-state index contributed by atoms with van der Waals surface area (Å²) in [5.41, 5.74) is -0.819. The molecule has 0 fully saturated rings. The largest absolute Gasteiger partial charge is 0.369 e. The summed E-state index contributed by atoms with van der Waals surface area (Å²) in [7, 11) is 1.52. The molecule has 0 aromatic carbocycles. The van der Waals surface area contributed by atoms with Gasteiger partial charge >= 0.3 is 0 Å². The number of carbonyl (C=O) groups excluding carboxylic acids is 1. The first-order valence-corrected chi connectivity index (χ1v) is 5.36. The summed E-state index contributed by atoms with van der Waals surface area (Å²) in [4.78, 5) is 19.0. The molecule has 1 amide bonds. The van der Waals surface area contributed by atoms with Crippen molar-refractivity contribution in [3.8, 4) is 0 Å². The Bertz CT molecular complexity index is 333. The zero-order valence-electron chi connectivity index (χ0n) is 10.2. The van der Waals surface area contributed by atoms with Gasteiger partial charge in [-0.2, -0.15) is 0 Å². The van der Waals surface area contributed by atoms with Gasteiger partial charge in [0.15, 0.2) is 0 Å². The summed E-state index contributed by atoms with van der Waals surface area (Å²) in [6.45, 7) is 5.46. The Balaban J connectivity index is 2.68. The van der Waals surface area contributed by atoms with Crippen molar-refractivity contribution in [2.24, 2.45) is 0 Å². The van der Waals surface area contributed by atoms with Crippen molar-refractivity contribution in [2.75, 3.05) is 7.11 Å². The molecule has 0 saturated carbocycles. The molecule has 0 saturated heterocycles. The van der Waals surface area contributed by atoms with Crippen LogP contribution in [-0.4, -0.2) is 28.6 Å². The maximum absolute atomic E-state index is 11.9. The number of hydrogen-bond acceptors (Lipinski definition) is 3. The van der Waals surface area contributed by atoms with Crippen molar-refractivity contribution in [1.82, 2.24) is 15.3 Å². The van der Waals surface area contributed by atoms with Crippen LogP contribution in [0.25, 0.3) is 0 Å². The quantitative estimate of drug-likeness (QED) is 0.796. The number of imidazole rings is 1. The Morgan fingerprint density at radius 2 is 2.38 bits per heavy atom. The fraction of sp³-hybridized carbons (Fsp3) is 0.636. The van der Waals surface area contributed by atoms with Crippen LogP contribution in [0.1, 0.15) is 39.1 Å². The molecule has 1 heterocycles. The molecule has 0 aliphatic heterocycles. The van der Waals surface area contributed by atoms with Crippen LogP contribution in [0.2, 0.25) is 0 Å². The minimum atomic E-state index is -0.819. The van der Waals surface area contributed by atoms with Crippen LogP contribution < -0.4 is 5.32 Å². The Morgan fingerprint density at radius 1 is 1.69 bits per heavy atom. The average molecular weight is 225 g/mol. The third kappa shape index (κ3) is 2.82. The third-order valence-electron chi connectivity index (χ3n) is 2.62. The maximum atomic E-state index is 11.9. The number of ether oxygens (including phenoxy) is 1. The second kappa shape index (κ2) is 5.12. The number of methoxy groups -OCH3 is 1. The molecule has 1 aromatic rings. The predicted molar refractivity (Wildman–Crippen MR) is 60.9 cm³/mol. The molecule has 5 nitrogen and oxygen atoms in total. The summed E-state index contributed by atoms with van der Waals surface area (Å²) in [6.07, 6.45) is 4.19. The first-order valence-electron chi connectivity index (χ1n) is 5.36. The van der Waals surface area contributed by atoms with Crippen molar-refractivity contribution in [3.63, 3.8) is 0 Å². The topological polar surface area (TPSA) is 67.0 Å². The molecule has 0 aliphatic carbocycles. The van der Waals surface area contributed by atoms with Crippen LogP contribution in [-0.2, 0) is 9.53 Å². The highest BCUT2D eigenvalue weighted by molar-refractivity contribution is 5.84. The van der Waals surface area contributed by atoms with Crippen LogP contribution >= 0.6 is 0 Å². The number of rotatable bonds is 5. The zero-order valence-corrected chi connectivity index (χ0v) is 10.2. The Hall–Kier alpha value is -1.36. The fourth-order valence-corrected chi connectivity index (χ4v) is 1.26. The summed E-state index contributed by atoms with van der Waals surface area (Å²) in [5, 5.41) is 2.90. The smallest absolute Gasteiger partial charge is 0.252 e. The number of amides is 1. The number of nitrogens with one attached hydrogen (secondary N) is 2. The first-order chi connectivity index (χ1) is 7.51. The van der Waals surface area contributed by atoms with Crippen LogP contribution in [0.3, 0.4) is 0 Å². The van der Waals surface area contributed by atoms with Gasteiger partial charge in [-0.3, -0.25) is 4.79 Å². The molecule has 1 atom stereocenters. The van der Waals surface area contributed by atoms with E-state index in [1.165, 1.54) is 7.11 Å². The lowest BCUT2D eigenvalue weighted by atomic mass is 10.1. The van der Waals surface area contributed by atoms with Gasteiger partial charge in [0.2, 0.25) is 0 Å². The van der Waals surface area contributed by atoms with Crippen molar-refractivity contribution >= 4 is 5.91 Å². The van der Waals surface area contributed by atoms with E-state index in [1.807, 2.05) is 6.92 Å². The summed E-state index contributed by atoms with van der Waals surface area (Å²) in [5.74, 6) is 0.626. The first kappa shape index (κ1) is 12.7. The number of nitrogens with zero attached hydrogens (tertiary/aromatic N) is 1. The fourth-order valence-electron chi connectivity index (χ4n) is 1.26. The number of carbonyl (C=O) groups is 1. The van der Waals surface area contributed by atoms with Gasteiger partial charge in [0, 0.05) is 19.5 Å². The second-order valence-electron chi connectivity index (χ2n) is 4.12. The molecule has 1 aromatic heterocycles. The average Bonchev–Trinajstić information content (AvgIpc) is 2.78. The highest BCUT2D eigenvalue weighted by atomic mass is 16.5. The number of H-pyrrole nitrogens is 1. The van der Waals surface area contributed by atoms with Crippen molar-refractivity contribution < 1.29 is 9.53 Å². The lowest BCUT2D eigenvalue weighted by molar-refractivity contribution is -0.140. The lowest BCUT2D eigenvalue weighted by Gasteiger charge is -2.24. The van der Waals surface area contributed by atoms with Gasteiger partial charge in [-0.25, -0.2) is 4.98 Å². The van der Waals surface area contributed by atoms with E-state index in [-0.39, 0.29) is 11.9 Å². The normalized spacial score (nSPS) is 13.5. The van der Waals surface area contributed by atoms with Crippen LogP contribution in [0.4, 0.5) is 0 Å². The van der Waals surface area contributed by atoms with Crippen molar-refractivity contribution in [3.05, 3.63) is 18.2 Å². The van der Waals surface area contributed by atoms with Gasteiger partial charge in [0.05, 0.1) is 6.04 Å². The minimum Gasteiger partial charge on any atom is -0.369 e. The SMILES string of the molecule is CCC(NC(=O)C(C)(C)OC)c1ncc[nH]1. The van der Waals surface area contributed by atoms with E-state index in [1.54, 1.807) is 26.2 Å². The summed E-state index contributed by atoms with van der Waals surface area (Å²) >= 11 is 0. The molecule has 5 heteroatoms. The second-order valence-corrected chi connectivity index (χ2v) is 4.12. The molecule has 0 bridgehead atoms. The molecule has 16 heavy (non-hydrogen) atoms. The van der Waals surface area contributed by atoms with E-state index in [9.17, 15) is 4.79 Å². The van der Waals surface area contributed by atoms with Crippen molar-refractivity contribution in [1.29, 1.82) is 0 Å². The molecule has 0 radical (unpaired) electrons. The zero-order chi connectivity index (χ0) is 12.2. The maximum Gasteiger partial charge on any atom is 0.252 e. The van der Waals surface area contributed by atoms with E-state index < -0.39 is 5.60 Å². The Kier molecular flexibility index (Phi) is 4.06. The molecule has 1 rings (SSSR count). The highest BCUT2D eigenvalue weighted by Gasteiger charge is 2.29. The molecule has 0 spiro atoms. The molecule has 0 aliphatic rings. The summed E-state index contributed by atoms with van der Waals surface area (Å²) < 4.78 is 5.12. The Morgan fingerprint density at radius 3 is 2.81 bits per heavy atom. The van der Waals surface area contributed by atoms with E-state index in [0.717, 1.165) is 12.2 Å². The molecular weight excluding hydrogens is 206 g/mol. The highest BCUT2D eigenvalue weighted by Crippen LogP contribution is 2.15. The van der Waals surface area contributed by atoms with Crippen LogP contribution in [0, 0.1) is 0 Å². The van der Waals surface area contributed by atoms with E-state index >= 15 is 0 Å². The number of aromatic nitrogens is 2. The van der Waals surface area contributed by atoms with E-state index in [2.05, 4.69) is 15.3 Å². The number of aromatic amines is 1. The van der Waals surface area contributed by atoms with Gasteiger partial charge in [-0.05, 0) is 20.3 Å². The van der Waals surface area contributed by atoms with Gasteiger partial charge in [-0.1, -0.05) is 6.92 Å². The van der Waals surface area contributed by atoms with Gasteiger partial charge in [0.1, 0.15) is 11.4 Å². The van der Waals surface area contributed by atoms with Gasteiger partial charge in [-0.15, -0.1) is 0 Å². The molecular formula is C11H19N3O2. The van der Waals surface area contributed by atoms with Crippen LogP contribution in [0.15, 0.2) is 12.4 Å². The monoisotopic (exact) mass is 225 g/mol. The molecule has 2 N–H and O–H groups in total. The van der Waals surface area contributed by atoms with E-state index in [0.29, 0.717) is 0 Å². The Labute approximate surface area is 95.6 Å². The van der Waals surface area contributed by atoms with Gasteiger partial charge < -0.3 is 15.0 Å². The lowest BCUT2D eigenvalue weighted by Crippen LogP contribution is -2.45. The van der Waals surface area contributed by atoms with E-state index in [4.69, 9.17) is 4.74 Å². The number of hydrogen-bond donors (Lipinski definition) is 2. The molecule has 90 valence electrons. The van der Waals surface area contributed by atoms with Gasteiger partial charge in [0.25, 0.3) is 5.91 Å². The standard InChI is InChI=1S/C11H19N3O2/c1-5-8(9-12-6-7-13-9)14-10(15)11(2,3)16-4/h6-8H,5H2,1-4H3,(H,12,13)(H,14,15).